The van der Waals surface area contributed by atoms with E-state index in [-0.39, 0.29) is 12.0 Å². The second-order valence-electron chi connectivity index (χ2n) is 10.1. The Bertz CT molecular complexity index is 1290. The topological polar surface area (TPSA) is 105 Å². The van der Waals surface area contributed by atoms with E-state index in [2.05, 4.69) is 20.3 Å². The highest BCUT2D eigenvalue weighted by molar-refractivity contribution is 5.95. The van der Waals surface area contributed by atoms with Gasteiger partial charge in [-0.1, -0.05) is 0 Å². The van der Waals surface area contributed by atoms with Crippen LogP contribution in [0.15, 0.2) is 36.5 Å². The molecule has 38 heavy (non-hydrogen) atoms. The number of aromatic nitrogens is 3. The van der Waals surface area contributed by atoms with E-state index in [0.29, 0.717) is 67.9 Å². The molecule has 0 bridgehead atoms. The molecular weight excluding hydrogens is 486 g/mol. The Hall–Kier alpha value is -4.02. The molecule has 0 spiro atoms. The first-order valence-electron chi connectivity index (χ1n) is 13.0. The van der Waals surface area contributed by atoms with Crippen molar-refractivity contribution in [2.75, 3.05) is 56.6 Å². The summed E-state index contributed by atoms with van der Waals surface area (Å²) in [5.41, 5.74) is 2.41. The zero-order valence-electron chi connectivity index (χ0n) is 23.0. The normalized spacial score (nSPS) is 13.9. The number of piperazine rings is 1. The van der Waals surface area contributed by atoms with Crippen LogP contribution in [0, 0.1) is 0 Å². The number of pyridine rings is 1. The van der Waals surface area contributed by atoms with Gasteiger partial charge in [-0.05, 0) is 65.0 Å². The minimum absolute atomic E-state index is 0.0369. The average molecular weight is 524 g/mol. The molecule has 0 radical (unpaired) electrons. The monoisotopic (exact) mass is 523 g/mol. The van der Waals surface area contributed by atoms with E-state index in [1.807, 2.05) is 52.9 Å². The Morgan fingerprint density at radius 2 is 1.76 bits per heavy atom. The second kappa shape index (κ2) is 11.2. The summed E-state index contributed by atoms with van der Waals surface area (Å²) in [5, 5.41) is 7.79. The van der Waals surface area contributed by atoms with Gasteiger partial charge in [-0.2, -0.15) is 4.98 Å². The third-order valence-corrected chi connectivity index (χ3v) is 6.36. The number of nitrogens with one attached hydrogen (secondary N) is 1. The van der Waals surface area contributed by atoms with Gasteiger partial charge in [-0.25, -0.2) is 9.31 Å². The molecule has 0 atom stereocenters. The molecular formula is C27H37N7O4. The molecule has 204 valence electrons. The maximum absolute atomic E-state index is 12.7. The van der Waals surface area contributed by atoms with E-state index in [1.165, 1.54) is 0 Å². The van der Waals surface area contributed by atoms with Crippen molar-refractivity contribution in [2.24, 2.45) is 0 Å². The zero-order chi connectivity index (χ0) is 27.4. The predicted octanol–water partition coefficient (Wildman–Crippen LogP) is 4.02. The number of anilines is 3. The first-order chi connectivity index (χ1) is 18.1. The lowest BCUT2D eigenvalue weighted by Gasteiger charge is -2.36. The molecule has 1 aliphatic rings. The minimum Gasteiger partial charge on any atom is -0.495 e. The van der Waals surface area contributed by atoms with Gasteiger partial charge in [0.2, 0.25) is 5.95 Å². The van der Waals surface area contributed by atoms with Gasteiger partial charge in [-0.3, -0.25) is 4.79 Å². The van der Waals surface area contributed by atoms with Crippen molar-refractivity contribution in [1.29, 1.82) is 0 Å². The highest BCUT2D eigenvalue weighted by Crippen LogP contribution is 2.29. The third kappa shape index (κ3) is 6.09. The van der Waals surface area contributed by atoms with Crippen LogP contribution in [0.3, 0.4) is 0 Å². The first kappa shape index (κ1) is 27.0. The second-order valence-corrected chi connectivity index (χ2v) is 10.1. The quantitative estimate of drug-likeness (QED) is 0.495. The summed E-state index contributed by atoms with van der Waals surface area (Å²) >= 11 is 0. The van der Waals surface area contributed by atoms with Crippen LogP contribution in [0.5, 0.6) is 5.75 Å². The number of methoxy groups -OCH3 is 1. The van der Waals surface area contributed by atoms with Crippen LogP contribution >= 0.6 is 0 Å². The van der Waals surface area contributed by atoms with Gasteiger partial charge in [0.25, 0.3) is 5.91 Å². The van der Waals surface area contributed by atoms with Crippen molar-refractivity contribution in [3.8, 4) is 5.75 Å². The smallest absolute Gasteiger partial charge is 0.410 e. The van der Waals surface area contributed by atoms with Gasteiger partial charge in [0.1, 0.15) is 11.4 Å². The summed E-state index contributed by atoms with van der Waals surface area (Å²) in [4.78, 5) is 35.4. The lowest BCUT2D eigenvalue weighted by atomic mass is 10.1. The predicted molar refractivity (Wildman–Crippen MR) is 147 cm³/mol. The number of carbonyl (C=O) groups is 2. The van der Waals surface area contributed by atoms with Crippen LogP contribution in [0.1, 0.15) is 45.0 Å². The molecule has 1 aliphatic heterocycles. The maximum atomic E-state index is 12.7. The highest BCUT2D eigenvalue weighted by atomic mass is 16.6. The number of hydrogen-bond acceptors (Lipinski definition) is 8. The van der Waals surface area contributed by atoms with Gasteiger partial charge in [-0.15, -0.1) is 5.10 Å². The standard InChI is InChI=1S/C27H37N7O4/c1-7-31(8-2)24(35)19-9-11-21(22(17-19)37-6)28-25-29-23-12-10-20(18-34(23)30-25)32-13-15-33(16-14-32)26(36)38-27(3,4)5/h9-12,17-18H,7-8,13-16H2,1-6H3,(H,28,30). The molecule has 3 heterocycles. The van der Waals surface area contributed by atoms with Crippen LogP contribution in [-0.2, 0) is 4.74 Å². The van der Waals surface area contributed by atoms with E-state index in [0.717, 1.165) is 5.69 Å². The molecule has 0 unspecified atom stereocenters. The summed E-state index contributed by atoms with van der Waals surface area (Å²) in [6.45, 7) is 13.4. The van der Waals surface area contributed by atoms with Gasteiger partial charge in [0.05, 0.1) is 24.7 Å². The average Bonchev–Trinajstić information content (AvgIpc) is 3.30. The van der Waals surface area contributed by atoms with Crippen molar-refractivity contribution in [1.82, 2.24) is 24.4 Å². The summed E-state index contributed by atoms with van der Waals surface area (Å²) < 4.78 is 12.8. The molecule has 1 aromatic carbocycles. The Morgan fingerprint density at radius 1 is 1.05 bits per heavy atom. The molecule has 1 fully saturated rings. The van der Waals surface area contributed by atoms with Gasteiger partial charge < -0.3 is 29.5 Å². The van der Waals surface area contributed by atoms with Crippen molar-refractivity contribution < 1.29 is 19.1 Å². The van der Waals surface area contributed by atoms with Crippen LogP contribution in [-0.4, -0.2) is 88.4 Å². The molecule has 0 saturated carbocycles. The Balaban J connectivity index is 1.45. The largest absolute Gasteiger partial charge is 0.495 e. The number of amides is 2. The fourth-order valence-electron chi connectivity index (χ4n) is 4.33. The third-order valence-electron chi connectivity index (χ3n) is 6.36. The summed E-state index contributed by atoms with van der Waals surface area (Å²) in [7, 11) is 1.57. The minimum atomic E-state index is -0.507. The van der Waals surface area contributed by atoms with Crippen molar-refractivity contribution in [3.05, 3.63) is 42.1 Å². The van der Waals surface area contributed by atoms with Gasteiger partial charge >= 0.3 is 6.09 Å². The highest BCUT2D eigenvalue weighted by Gasteiger charge is 2.26. The number of benzene rings is 1. The van der Waals surface area contributed by atoms with E-state index >= 15 is 0 Å². The number of carbonyl (C=O) groups excluding carboxylic acids is 2. The number of fused-ring (bicyclic) bond motifs is 1. The van der Waals surface area contributed by atoms with E-state index in [1.54, 1.807) is 39.6 Å². The van der Waals surface area contributed by atoms with Crippen LogP contribution in [0.2, 0.25) is 0 Å². The van der Waals surface area contributed by atoms with Gasteiger partial charge in [0.15, 0.2) is 5.65 Å². The molecule has 2 amide bonds. The van der Waals surface area contributed by atoms with E-state index < -0.39 is 5.60 Å². The fourth-order valence-corrected chi connectivity index (χ4v) is 4.33. The zero-order valence-corrected chi connectivity index (χ0v) is 23.0. The lowest BCUT2D eigenvalue weighted by molar-refractivity contribution is 0.0240. The molecule has 11 nitrogen and oxygen atoms in total. The Morgan fingerprint density at radius 3 is 2.39 bits per heavy atom. The summed E-state index contributed by atoms with van der Waals surface area (Å²) in [6.07, 6.45) is 1.65. The van der Waals surface area contributed by atoms with E-state index in [9.17, 15) is 9.59 Å². The van der Waals surface area contributed by atoms with E-state index in [4.69, 9.17) is 9.47 Å². The number of hydrogen-bond donors (Lipinski definition) is 1. The van der Waals surface area contributed by atoms with Crippen molar-refractivity contribution in [3.63, 3.8) is 0 Å². The molecule has 0 aliphatic carbocycles. The van der Waals surface area contributed by atoms with Gasteiger partial charge in [0, 0.05) is 44.8 Å². The lowest BCUT2D eigenvalue weighted by Crippen LogP contribution is -2.50. The molecule has 2 aromatic heterocycles. The molecule has 4 rings (SSSR count). The summed E-state index contributed by atoms with van der Waals surface area (Å²) in [5.74, 6) is 0.911. The van der Waals surface area contributed by atoms with Crippen LogP contribution in [0.25, 0.3) is 5.65 Å². The van der Waals surface area contributed by atoms with Crippen LogP contribution in [0.4, 0.5) is 22.1 Å². The fraction of sp³-hybridized carbons (Fsp3) is 0.481. The Kier molecular flexibility index (Phi) is 7.94. The Labute approximate surface area is 223 Å². The molecule has 3 aromatic rings. The molecule has 1 saturated heterocycles. The number of ether oxygens (including phenoxy) is 2. The number of rotatable bonds is 7. The first-order valence-corrected chi connectivity index (χ1v) is 13.0. The van der Waals surface area contributed by atoms with Crippen molar-refractivity contribution in [2.45, 2.75) is 40.2 Å². The maximum Gasteiger partial charge on any atom is 0.410 e. The molecule has 11 heteroatoms. The van der Waals surface area contributed by atoms with Crippen molar-refractivity contribution >= 4 is 35.0 Å². The summed E-state index contributed by atoms with van der Waals surface area (Å²) in [6, 6.07) is 9.23. The number of nitrogens with zero attached hydrogens (tertiary/aromatic N) is 6. The SMILES string of the molecule is CCN(CC)C(=O)c1ccc(Nc2nc3ccc(N4CCN(C(=O)OC(C)(C)C)CC4)cn3n2)c(OC)c1. The molecule has 1 N–H and O–H groups in total. The van der Waals surface area contributed by atoms with Crippen LogP contribution < -0.4 is 15.0 Å².